The first-order valence-corrected chi connectivity index (χ1v) is 7.57. The normalized spacial score (nSPS) is 10.8. The molecule has 0 saturated heterocycles. The Morgan fingerprint density at radius 2 is 2.00 bits per heavy atom. The van der Waals surface area contributed by atoms with E-state index in [1.165, 1.54) is 4.70 Å². The molecule has 0 aliphatic rings. The van der Waals surface area contributed by atoms with Crippen LogP contribution in [0.1, 0.15) is 0 Å². The summed E-state index contributed by atoms with van der Waals surface area (Å²) in [6.07, 6.45) is 0. The summed E-state index contributed by atoms with van der Waals surface area (Å²) in [6.45, 7) is 0. The van der Waals surface area contributed by atoms with Gasteiger partial charge in [0.2, 0.25) is 0 Å². The van der Waals surface area contributed by atoms with Crippen LogP contribution in [0.15, 0.2) is 42.5 Å². The Labute approximate surface area is 127 Å². The average Bonchev–Trinajstić information content (AvgIpc) is 2.75. The average molecular weight is 387 g/mol. The van der Waals surface area contributed by atoms with E-state index in [0.29, 0.717) is 0 Å². The molecule has 0 bridgehead atoms. The number of rotatable bonds is 2. The van der Waals surface area contributed by atoms with Gasteiger partial charge in [0.15, 0.2) is 5.13 Å². The Hall–Kier alpha value is -0.850. The van der Waals surface area contributed by atoms with Crippen molar-refractivity contribution in [1.82, 2.24) is 4.98 Å². The molecule has 1 N–H and O–H groups in total. The molecule has 5 heteroatoms. The van der Waals surface area contributed by atoms with Gasteiger partial charge in [-0.25, -0.2) is 4.98 Å². The highest BCUT2D eigenvalue weighted by Gasteiger charge is 2.05. The molecule has 0 atom stereocenters. The number of anilines is 2. The zero-order valence-corrected chi connectivity index (χ0v) is 12.9. The van der Waals surface area contributed by atoms with E-state index in [2.05, 4.69) is 39.0 Å². The topological polar surface area (TPSA) is 24.9 Å². The first-order valence-electron chi connectivity index (χ1n) is 5.30. The maximum atomic E-state index is 5.94. The molecule has 0 amide bonds. The number of fused-ring (bicyclic) bond motifs is 1. The fourth-order valence-electron chi connectivity index (χ4n) is 1.63. The van der Waals surface area contributed by atoms with Crippen molar-refractivity contribution < 1.29 is 0 Å². The van der Waals surface area contributed by atoms with Crippen molar-refractivity contribution in [3.8, 4) is 0 Å². The summed E-state index contributed by atoms with van der Waals surface area (Å²) in [5, 5.41) is 4.97. The van der Waals surface area contributed by atoms with Crippen LogP contribution in [0, 0.1) is 3.57 Å². The smallest absolute Gasteiger partial charge is 0.188 e. The first kappa shape index (κ1) is 12.2. The third-order valence-corrected chi connectivity index (χ3v) is 4.55. The second-order valence-electron chi connectivity index (χ2n) is 3.74. The van der Waals surface area contributed by atoms with Crippen LogP contribution in [-0.4, -0.2) is 4.98 Å². The lowest BCUT2D eigenvalue weighted by Gasteiger charge is -2.05. The fourth-order valence-corrected chi connectivity index (χ4v) is 3.52. The summed E-state index contributed by atoms with van der Waals surface area (Å²) < 4.78 is 2.27. The molecule has 1 heterocycles. The Balaban J connectivity index is 1.96. The molecule has 0 aliphatic heterocycles. The number of aromatic nitrogens is 1. The van der Waals surface area contributed by atoms with Gasteiger partial charge >= 0.3 is 0 Å². The molecule has 3 aromatic rings. The van der Waals surface area contributed by atoms with Crippen molar-refractivity contribution in [3.05, 3.63) is 51.1 Å². The van der Waals surface area contributed by atoms with Gasteiger partial charge in [-0.3, -0.25) is 0 Å². The van der Waals surface area contributed by atoms with Crippen molar-refractivity contribution in [2.75, 3.05) is 5.32 Å². The van der Waals surface area contributed by atoms with Gasteiger partial charge in [-0.05, 0) is 52.9 Å². The molecule has 1 aromatic heterocycles. The maximum absolute atomic E-state index is 5.94. The van der Waals surface area contributed by atoms with E-state index >= 15 is 0 Å². The summed E-state index contributed by atoms with van der Waals surface area (Å²) in [5.74, 6) is 0. The van der Waals surface area contributed by atoms with Crippen LogP contribution in [0.25, 0.3) is 10.2 Å². The van der Waals surface area contributed by atoms with Gasteiger partial charge in [0.05, 0.1) is 15.9 Å². The van der Waals surface area contributed by atoms with Gasteiger partial charge < -0.3 is 5.32 Å². The van der Waals surface area contributed by atoms with Crippen LogP contribution < -0.4 is 5.32 Å². The second-order valence-corrected chi connectivity index (χ2v) is 6.37. The first-order chi connectivity index (χ1) is 8.72. The van der Waals surface area contributed by atoms with Crippen LogP contribution in [0.3, 0.4) is 0 Å². The van der Waals surface area contributed by atoms with Gasteiger partial charge in [0, 0.05) is 8.59 Å². The number of hydrogen-bond acceptors (Lipinski definition) is 3. The number of nitrogens with zero attached hydrogens (tertiary/aromatic N) is 1. The van der Waals surface area contributed by atoms with Crippen LogP contribution in [0.2, 0.25) is 5.02 Å². The third-order valence-electron chi connectivity index (χ3n) is 2.47. The zero-order chi connectivity index (χ0) is 12.5. The van der Waals surface area contributed by atoms with E-state index in [1.54, 1.807) is 11.3 Å². The lowest BCUT2D eigenvalue weighted by atomic mass is 10.3. The number of benzene rings is 2. The van der Waals surface area contributed by atoms with E-state index in [-0.39, 0.29) is 0 Å². The van der Waals surface area contributed by atoms with Crippen molar-refractivity contribution in [3.63, 3.8) is 0 Å². The highest BCUT2D eigenvalue weighted by atomic mass is 127. The molecular formula is C13H8ClIN2S. The third kappa shape index (κ3) is 2.46. The molecule has 3 rings (SSSR count). The van der Waals surface area contributed by atoms with Gasteiger partial charge in [0.1, 0.15) is 0 Å². The van der Waals surface area contributed by atoms with E-state index in [1.807, 2.05) is 36.4 Å². The second kappa shape index (κ2) is 5.03. The molecule has 90 valence electrons. The molecule has 0 radical (unpaired) electrons. The lowest BCUT2D eigenvalue weighted by molar-refractivity contribution is 1.43. The largest absolute Gasteiger partial charge is 0.331 e. The van der Waals surface area contributed by atoms with Crippen LogP contribution >= 0.6 is 45.5 Å². The highest BCUT2D eigenvalue weighted by molar-refractivity contribution is 14.1. The molecule has 0 fully saturated rings. The minimum absolute atomic E-state index is 0.745. The predicted molar refractivity (Wildman–Crippen MR) is 87.1 cm³/mol. The SMILES string of the molecule is Clc1ccc(Nc2nc3ccccc3s2)c(I)c1. The number of hydrogen-bond donors (Lipinski definition) is 1. The molecule has 0 aliphatic carbocycles. The number of para-hydroxylation sites is 1. The Morgan fingerprint density at radius 1 is 1.17 bits per heavy atom. The lowest BCUT2D eigenvalue weighted by Crippen LogP contribution is -1.91. The number of halogens is 2. The van der Waals surface area contributed by atoms with E-state index < -0.39 is 0 Å². The number of nitrogens with one attached hydrogen (secondary N) is 1. The van der Waals surface area contributed by atoms with E-state index in [4.69, 9.17) is 11.6 Å². The summed E-state index contributed by atoms with van der Waals surface area (Å²) in [5.41, 5.74) is 2.05. The molecular weight excluding hydrogens is 379 g/mol. The molecule has 0 unspecified atom stereocenters. The minimum atomic E-state index is 0.745. The summed E-state index contributed by atoms with van der Waals surface area (Å²) >= 11 is 9.85. The van der Waals surface area contributed by atoms with Crippen molar-refractivity contribution in [2.24, 2.45) is 0 Å². The fraction of sp³-hybridized carbons (Fsp3) is 0. The molecule has 2 nitrogen and oxygen atoms in total. The molecule has 18 heavy (non-hydrogen) atoms. The van der Waals surface area contributed by atoms with E-state index in [9.17, 15) is 0 Å². The van der Waals surface area contributed by atoms with Crippen molar-refractivity contribution in [2.45, 2.75) is 0 Å². The van der Waals surface area contributed by atoms with Crippen LogP contribution in [0.4, 0.5) is 10.8 Å². The van der Waals surface area contributed by atoms with Crippen LogP contribution in [-0.2, 0) is 0 Å². The van der Waals surface area contributed by atoms with Gasteiger partial charge in [-0.15, -0.1) is 0 Å². The summed E-state index contributed by atoms with van der Waals surface area (Å²) in [6, 6.07) is 13.9. The Kier molecular flexibility index (Phi) is 3.41. The summed E-state index contributed by atoms with van der Waals surface area (Å²) in [4.78, 5) is 4.54. The molecule has 0 spiro atoms. The standard InChI is InChI=1S/C13H8ClIN2S/c14-8-5-6-10(9(15)7-8)16-13-17-11-3-1-2-4-12(11)18-13/h1-7H,(H,16,17). The predicted octanol–water partition coefficient (Wildman–Crippen LogP) is 5.30. The quantitative estimate of drug-likeness (QED) is 0.605. The van der Waals surface area contributed by atoms with Gasteiger partial charge in [-0.2, -0.15) is 0 Å². The van der Waals surface area contributed by atoms with Crippen molar-refractivity contribution >= 4 is 66.6 Å². The van der Waals surface area contributed by atoms with Gasteiger partial charge in [0.25, 0.3) is 0 Å². The Morgan fingerprint density at radius 3 is 2.78 bits per heavy atom. The van der Waals surface area contributed by atoms with Crippen molar-refractivity contribution in [1.29, 1.82) is 0 Å². The Bertz CT molecular complexity index is 678. The number of thiazole rings is 1. The zero-order valence-electron chi connectivity index (χ0n) is 9.15. The maximum Gasteiger partial charge on any atom is 0.188 e. The summed E-state index contributed by atoms with van der Waals surface area (Å²) in [7, 11) is 0. The highest BCUT2D eigenvalue weighted by Crippen LogP contribution is 2.30. The van der Waals surface area contributed by atoms with Crippen LogP contribution in [0.5, 0.6) is 0 Å². The molecule has 0 saturated carbocycles. The van der Waals surface area contributed by atoms with Gasteiger partial charge in [-0.1, -0.05) is 35.1 Å². The molecule has 2 aromatic carbocycles. The monoisotopic (exact) mass is 386 g/mol. The minimum Gasteiger partial charge on any atom is -0.331 e. The van der Waals surface area contributed by atoms with E-state index in [0.717, 1.165) is 24.9 Å².